The smallest absolute Gasteiger partial charge is 0.226 e. The van der Waals surface area contributed by atoms with E-state index in [9.17, 15) is 0 Å². The molecule has 0 radical (unpaired) electrons. The molecule has 2 heterocycles. The molecule has 0 aliphatic carbocycles. The van der Waals surface area contributed by atoms with Crippen molar-refractivity contribution < 1.29 is 0 Å². The molecule has 1 fully saturated rings. The van der Waals surface area contributed by atoms with Crippen LogP contribution in [-0.4, -0.2) is 23.1 Å². The highest BCUT2D eigenvalue weighted by atomic mass is 15.3. The average Bonchev–Trinajstić information content (AvgIpc) is 3.09. The lowest BCUT2D eigenvalue weighted by Gasteiger charge is -2.17. The van der Waals surface area contributed by atoms with Crippen molar-refractivity contribution >= 4 is 16.9 Å². The summed E-state index contributed by atoms with van der Waals surface area (Å²) in [6.07, 6.45) is 2.46. The van der Waals surface area contributed by atoms with Gasteiger partial charge in [-0.25, -0.2) is 9.97 Å². The van der Waals surface area contributed by atoms with Gasteiger partial charge in [0.1, 0.15) is 0 Å². The molecule has 0 unspecified atom stereocenters. The number of hydrogen-bond acceptors (Lipinski definition) is 3. The van der Waals surface area contributed by atoms with Crippen LogP contribution in [0.1, 0.15) is 18.4 Å². The molecular weight excluding hydrogens is 270 g/mol. The van der Waals surface area contributed by atoms with E-state index in [0.717, 1.165) is 41.2 Å². The SMILES string of the molecule is Cc1ccc2c(-c3ccccc3)nc(N3CCCC3)nc2c1. The van der Waals surface area contributed by atoms with Crippen LogP contribution in [0.3, 0.4) is 0 Å². The lowest BCUT2D eigenvalue weighted by Crippen LogP contribution is -2.20. The van der Waals surface area contributed by atoms with E-state index < -0.39 is 0 Å². The van der Waals surface area contributed by atoms with Crippen LogP contribution in [0.4, 0.5) is 5.95 Å². The third kappa shape index (κ3) is 2.33. The van der Waals surface area contributed by atoms with Gasteiger partial charge in [-0.3, -0.25) is 0 Å². The molecule has 1 aliphatic heterocycles. The van der Waals surface area contributed by atoms with Crippen molar-refractivity contribution in [2.24, 2.45) is 0 Å². The quantitative estimate of drug-likeness (QED) is 0.708. The summed E-state index contributed by atoms with van der Waals surface area (Å²) in [5.74, 6) is 0.870. The molecule has 110 valence electrons. The zero-order chi connectivity index (χ0) is 14.9. The van der Waals surface area contributed by atoms with Gasteiger partial charge in [0.25, 0.3) is 0 Å². The molecular formula is C19H19N3. The largest absolute Gasteiger partial charge is 0.341 e. The van der Waals surface area contributed by atoms with Gasteiger partial charge in [0.2, 0.25) is 5.95 Å². The van der Waals surface area contributed by atoms with Crippen LogP contribution in [-0.2, 0) is 0 Å². The van der Waals surface area contributed by atoms with Crippen LogP contribution in [0, 0.1) is 6.92 Å². The van der Waals surface area contributed by atoms with Crippen LogP contribution in [0.25, 0.3) is 22.2 Å². The summed E-state index contributed by atoms with van der Waals surface area (Å²) in [6.45, 7) is 4.23. The van der Waals surface area contributed by atoms with E-state index >= 15 is 0 Å². The third-order valence-electron chi connectivity index (χ3n) is 4.28. The van der Waals surface area contributed by atoms with Crippen LogP contribution >= 0.6 is 0 Å². The molecule has 2 aromatic carbocycles. The van der Waals surface area contributed by atoms with Gasteiger partial charge < -0.3 is 4.90 Å². The van der Waals surface area contributed by atoms with Crippen molar-refractivity contribution in [3.63, 3.8) is 0 Å². The molecule has 3 nitrogen and oxygen atoms in total. The fraction of sp³-hybridized carbons (Fsp3) is 0.263. The van der Waals surface area contributed by atoms with Crippen LogP contribution < -0.4 is 4.90 Å². The maximum Gasteiger partial charge on any atom is 0.226 e. The summed E-state index contributed by atoms with van der Waals surface area (Å²) in [6, 6.07) is 16.8. The Bertz CT molecular complexity index is 806. The van der Waals surface area contributed by atoms with Crippen LogP contribution in [0.15, 0.2) is 48.5 Å². The standard InChI is InChI=1S/C19H19N3/c1-14-9-10-16-17(13-14)20-19(22-11-5-6-12-22)21-18(16)15-7-3-2-4-8-15/h2-4,7-10,13H,5-6,11-12H2,1H3. The second-order valence-electron chi connectivity index (χ2n) is 5.95. The van der Waals surface area contributed by atoms with Crippen molar-refractivity contribution in [1.29, 1.82) is 0 Å². The molecule has 0 atom stereocenters. The summed E-state index contributed by atoms with van der Waals surface area (Å²) in [5, 5.41) is 1.12. The number of aryl methyl sites for hydroxylation is 1. The Kier molecular flexibility index (Phi) is 3.26. The lowest BCUT2D eigenvalue weighted by molar-refractivity contribution is 0.908. The van der Waals surface area contributed by atoms with E-state index in [0.29, 0.717) is 0 Å². The summed E-state index contributed by atoms with van der Waals surface area (Å²) < 4.78 is 0. The molecule has 0 spiro atoms. The van der Waals surface area contributed by atoms with E-state index in [-0.39, 0.29) is 0 Å². The minimum atomic E-state index is 0.870. The fourth-order valence-corrected chi connectivity index (χ4v) is 3.10. The predicted octanol–water partition coefficient (Wildman–Crippen LogP) is 4.21. The molecule has 3 aromatic rings. The normalized spacial score (nSPS) is 14.7. The first kappa shape index (κ1) is 13.3. The van der Waals surface area contributed by atoms with E-state index in [1.807, 2.05) is 6.07 Å². The number of benzene rings is 2. The Balaban J connectivity index is 1.96. The Hall–Kier alpha value is -2.42. The van der Waals surface area contributed by atoms with E-state index in [2.05, 4.69) is 54.3 Å². The number of nitrogens with zero attached hydrogens (tertiary/aromatic N) is 3. The van der Waals surface area contributed by atoms with E-state index in [4.69, 9.17) is 9.97 Å². The molecule has 1 aromatic heterocycles. The van der Waals surface area contributed by atoms with Crippen molar-refractivity contribution in [2.45, 2.75) is 19.8 Å². The predicted molar refractivity (Wildman–Crippen MR) is 91.2 cm³/mol. The van der Waals surface area contributed by atoms with Gasteiger partial charge in [0.05, 0.1) is 11.2 Å². The van der Waals surface area contributed by atoms with Gasteiger partial charge in [0, 0.05) is 24.0 Å². The fourth-order valence-electron chi connectivity index (χ4n) is 3.10. The number of fused-ring (bicyclic) bond motifs is 1. The molecule has 4 rings (SSSR count). The highest BCUT2D eigenvalue weighted by Crippen LogP contribution is 2.29. The minimum absolute atomic E-state index is 0.870. The number of aromatic nitrogens is 2. The first-order valence-corrected chi connectivity index (χ1v) is 7.90. The molecule has 22 heavy (non-hydrogen) atoms. The number of rotatable bonds is 2. The van der Waals surface area contributed by atoms with Gasteiger partial charge in [-0.2, -0.15) is 0 Å². The Morgan fingerprint density at radius 3 is 2.45 bits per heavy atom. The highest BCUT2D eigenvalue weighted by molar-refractivity contribution is 5.93. The minimum Gasteiger partial charge on any atom is -0.341 e. The first-order valence-electron chi connectivity index (χ1n) is 7.90. The molecule has 0 amide bonds. The summed E-state index contributed by atoms with van der Waals surface area (Å²) >= 11 is 0. The molecule has 1 aliphatic rings. The molecule has 0 saturated carbocycles. The van der Waals surface area contributed by atoms with Crippen molar-refractivity contribution in [3.8, 4) is 11.3 Å². The second kappa shape index (κ2) is 5.41. The van der Waals surface area contributed by atoms with Gasteiger partial charge in [-0.15, -0.1) is 0 Å². The zero-order valence-electron chi connectivity index (χ0n) is 12.8. The Morgan fingerprint density at radius 1 is 0.909 bits per heavy atom. The van der Waals surface area contributed by atoms with E-state index in [1.165, 1.54) is 18.4 Å². The summed E-state index contributed by atoms with van der Waals surface area (Å²) in [7, 11) is 0. The van der Waals surface area contributed by atoms with Crippen molar-refractivity contribution in [1.82, 2.24) is 9.97 Å². The maximum absolute atomic E-state index is 4.90. The monoisotopic (exact) mass is 289 g/mol. The summed E-state index contributed by atoms with van der Waals surface area (Å²) in [4.78, 5) is 12.0. The number of anilines is 1. The van der Waals surface area contributed by atoms with Gasteiger partial charge in [-0.1, -0.05) is 42.5 Å². The second-order valence-corrected chi connectivity index (χ2v) is 5.95. The average molecular weight is 289 g/mol. The van der Waals surface area contributed by atoms with Crippen LogP contribution in [0.5, 0.6) is 0 Å². The molecule has 1 saturated heterocycles. The zero-order valence-corrected chi connectivity index (χ0v) is 12.8. The van der Waals surface area contributed by atoms with Gasteiger partial charge in [0.15, 0.2) is 0 Å². The topological polar surface area (TPSA) is 29.0 Å². The summed E-state index contributed by atoms with van der Waals surface area (Å²) in [5.41, 5.74) is 4.46. The van der Waals surface area contributed by atoms with Crippen molar-refractivity contribution in [3.05, 3.63) is 54.1 Å². The molecule has 0 bridgehead atoms. The molecule has 3 heteroatoms. The van der Waals surface area contributed by atoms with Gasteiger partial charge in [-0.05, 0) is 31.4 Å². The Morgan fingerprint density at radius 2 is 1.68 bits per heavy atom. The third-order valence-corrected chi connectivity index (χ3v) is 4.28. The van der Waals surface area contributed by atoms with Gasteiger partial charge >= 0.3 is 0 Å². The van der Waals surface area contributed by atoms with Crippen molar-refractivity contribution in [2.75, 3.05) is 18.0 Å². The lowest BCUT2D eigenvalue weighted by atomic mass is 10.1. The first-order chi connectivity index (χ1) is 10.8. The van der Waals surface area contributed by atoms with E-state index in [1.54, 1.807) is 0 Å². The van der Waals surface area contributed by atoms with Crippen LogP contribution in [0.2, 0.25) is 0 Å². The molecule has 0 N–H and O–H groups in total. The Labute approximate surface area is 130 Å². The number of hydrogen-bond donors (Lipinski definition) is 0. The maximum atomic E-state index is 4.90. The highest BCUT2D eigenvalue weighted by Gasteiger charge is 2.18.